The standard InChI is InChI=1S/C20H19N3O2/c1-15-8-10-16(11-9-15)12-13-19(24)23(2)14-18-21-20(22-25-18)17-6-4-3-5-7-17/h3-13H,14H2,1-2H3/b13-12+. The third kappa shape index (κ3) is 4.41. The molecule has 2 aromatic carbocycles. The average molecular weight is 333 g/mol. The molecule has 0 bridgehead atoms. The van der Waals surface area contributed by atoms with Crippen molar-refractivity contribution in [2.45, 2.75) is 13.5 Å². The molecule has 5 nitrogen and oxygen atoms in total. The molecule has 0 radical (unpaired) electrons. The van der Waals surface area contributed by atoms with Crippen molar-refractivity contribution in [1.82, 2.24) is 15.0 Å². The number of amides is 1. The minimum atomic E-state index is -0.125. The van der Waals surface area contributed by atoms with Gasteiger partial charge in [-0.25, -0.2) is 0 Å². The first kappa shape index (κ1) is 16.6. The first-order valence-electron chi connectivity index (χ1n) is 7.99. The summed E-state index contributed by atoms with van der Waals surface area (Å²) in [5.41, 5.74) is 3.05. The molecule has 5 heteroatoms. The summed E-state index contributed by atoms with van der Waals surface area (Å²) in [6.07, 6.45) is 3.33. The van der Waals surface area contributed by atoms with Crippen LogP contribution in [0.5, 0.6) is 0 Å². The molecular formula is C20H19N3O2. The van der Waals surface area contributed by atoms with Crippen LogP contribution in [0.1, 0.15) is 17.0 Å². The van der Waals surface area contributed by atoms with Crippen LogP contribution in [0, 0.1) is 6.92 Å². The third-order valence-electron chi connectivity index (χ3n) is 3.74. The van der Waals surface area contributed by atoms with Gasteiger partial charge in [0.25, 0.3) is 0 Å². The minimum absolute atomic E-state index is 0.125. The van der Waals surface area contributed by atoms with Gasteiger partial charge in [0.1, 0.15) is 0 Å². The first-order chi connectivity index (χ1) is 12.1. The minimum Gasteiger partial charge on any atom is -0.337 e. The number of hydrogen-bond donors (Lipinski definition) is 0. The van der Waals surface area contributed by atoms with E-state index < -0.39 is 0 Å². The number of carbonyl (C=O) groups excluding carboxylic acids is 1. The SMILES string of the molecule is Cc1ccc(/C=C/C(=O)N(C)Cc2nc(-c3ccccc3)no2)cc1. The van der Waals surface area contributed by atoms with Gasteiger partial charge in [0, 0.05) is 18.7 Å². The number of hydrogen-bond acceptors (Lipinski definition) is 4. The van der Waals surface area contributed by atoms with E-state index >= 15 is 0 Å². The third-order valence-corrected chi connectivity index (χ3v) is 3.74. The van der Waals surface area contributed by atoms with Crippen LogP contribution >= 0.6 is 0 Å². The fourth-order valence-electron chi connectivity index (χ4n) is 2.28. The predicted octanol–water partition coefficient (Wildman–Crippen LogP) is 3.72. The van der Waals surface area contributed by atoms with Crippen molar-refractivity contribution < 1.29 is 9.32 Å². The van der Waals surface area contributed by atoms with E-state index in [4.69, 9.17) is 4.52 Å². The fraction of sp³-hybridized carbons (Fsp3) is 0.150. The summed E-state index contributed by atoms with van der Waals surface area (Å²) in [6, 6.07) is 17.5. The number of rotatable bonds is 5. The van der Waals surface area contributed by atoms with Crippen molar-refractivity contribution in [3.05, 3.63) is 77.7 Å². The second-order valence-corrected chi connectivity index (χ2v) is 5.82. The maximum atomic E-state index is 12.2. The van der Waals surface area contributed by atoms with Crippen LogP contribution in [-0.4, -0.2) is 28.0 Å². The van der Waals surface area contributed by atoms with Crippen molar-refractivity contribution in [3.8, 4) is 11.4 Å². The lowest BCUT2D eigenvalue weighted by Crippen LogP contribution is -2.24. The highest BCUT2D eigenvalue weighted by Crippen LogP contribution is 2.15. The summed E-state index contributed by atoms with van der Waals surface area (Å²) in [7, 11) is 1.70. The summed E-state index contributed by atoms with van der Waals surface area (Å²) in [6.45, 7) is 2.29. The Bertz CT molecular complexity index is 867. The maximum absolute atomic E-state index is 12.2. The van der Waals surface area contributed by atoms with E-state index in [1.807, 2.05) is 61.5 Å². The van der Waals surface area contributed by atoms with Gasteiger partial charge < -0.3 is 9.42 Å². The van der Waals surface area contributed by atoms with E-state index in [1.165, 1.54) is 10.5 Å². The number of benzene rings is 2. The zero-order valence-electron chi connectivity index (χ0n) is 14.2. The summed E-state index contributed by atoms with van der Waals surface area (Å²) in [4.78, 5) is 18.1. The van der Waals surface area contributed by atoms with Crippen LogP contribution in [0.3, 0.4) is 0 Å². The van der Waals surface area contributed by atoms with Crippen LogP contribution < -0.4 is 0 Å². The molecule has 0 aliphatic heterocycles. The Balaban J connectivity index is 1.62. The summed E-state index contributed by atoms with van der Waals surface area (Å²) in [5.74, 6) is 0.796. The van der Waals surface area contributed by atoms with Crippen molar-refractivity contribution >= 4 is 12.0 Å². The van der Waals surface area contributed by atoms with Crippen molar-refractivity contribution in [2.75, 3.05) is 7.05 Å². The monoisotopic (exact) mass is 333 g/mol. The molecule has 0 saturated heterocycles. The Morgan fingerprint density at radius 2 is 1.84 bits per heavy atom. The Labute approximate surface area is 146 Å². The zero-order valence-corrected chi connectivity index (χ0v) is 14.2. The molecule has 3 rings (SSSR count). The highest BCUT2D eigenvalue weighted by atomic mass is 16.5. The van der Waals surface area contributed by atoms with Crippen LogP contribution in [0.15, 0.2) is 65.2 Å². The highest BCUT2D eigenvalue weighted by molar-refractivity contribution is 5.91. The molecule has 0 N–H and O–H groups in total. The molecule has 1 heterocycles. The molecule has 1 aromatic heterocycles. The van der Waals surface area contributed by atoms with E-state index in [0.29, 0.717) is 11.7 Å². The van der Waals surface area contributed by atoms with Crippen molar-refractivity contribution in [3.63, 3.8) is 0 Å². The number of carbonyl (C=O) groups is 1. The molecule has 0 unspecified atom stereocenters. The molecule has 1 amide bonds. The Morgan fingerprint density at radius 1 is 1.12 bits per heavy atom. The predicted molar refractivity (Wildman–Crippen MR) is 96.4 cm³/mol. The Hall–Kier alpha value is -3.21. The van der Waals surface area contributed by atoms with Gasteiger partial charge in [-0.3, -0.25) is 4.79 Å². The number of nitrogens with zero attached hydrogens (tertiary/aromatic N) is 3. The molecule has 0 fully saturated rings. The second-order valence-electron chi connectivity index (χ2n) is 5.82. The number of aryl methyl sites for hydroxylation is 1. The molecule has 0 saturated carbocycles. The van der Waals surface area contributed by atoms with E-state index in [-0.39, 0.29) is 12.5 Å². The van der Waals surface area contributed by atoms with Gasteiger partial charge in [-0.15, -0.1) is 0 Å². The molecule has 126 valence electrons. The van der Waals surface area contributed by atoms with Gasteiger partial charge in [0.15, 0.2) is 0 Å². The average Bonchev–Trinajstić information content (AvgIpc) is 3.10. The van der Waals surface area contributed by atoms with Crippen LogP contribution in [0.25, 0.3) is 17.5 Å². The quantitative estimate of drug-likeness (QED) is 0.668. The topological polar surface area (TPSA) is 59.2 Å². The smallest absolute Gasteiger partial charge is 0.246 e. The summed E-state index contributed by atoms with van der Waals surface area (Å²) >= 11 is 0. The molecule has 0 atom stereocenters. The van der Waals surface area contributed by atoms with Gasteiger partial charge in [-0.05, 0) is 18.6 Å². The maximum Gasteiger partial charge on any atom is 0.246 e. The van der Waals surface area contributed by atoms with Crippen molar-refractivity contribution in [1.29, 1.82) is 0 Å². The molecule has 0 aliphatic carbocycles. The van der Waals surface area contributed by atoms with Gasteiger partial charge in [0.05, 0.1) is 6.54 Å². The molecule has 25 heavy (non-hydrogen) atoms. The van der Waals surface area contributed by atoms with E-state index in [0.717, 1.165) is 11.1 Å². The Morgan fingerprint density at radius 3 is 2.56 bits per heavy atom. The largest absolute Gasteiger partial charge is 0.337 e. The van der Waals surface area contributed by atoms with Crippen LogP contribution in [0.4, 0.5) is 0 Å². The van der Waals surface area contributed by atoms with Crippen molar-refractivity contribution in [2.24, 2.45) is 0 Å². The normalized spacial score (nSPS) is 11.0. The van der Waals surface area contributed by atoms with E-state index in [9.17, 15) is 4.79 Å². The van der Waals surface area contributed by atoms with E-state index in [1.54, 1.807) is 19.2 Å². The molecule has 0 aliphatic rings. The van der Waals surface area contributed by atoms with Gasteiger partial charge in [-0.1, -0.05) is 65.3 Å². The van der Waals surface area contributed by atoms with Gasteiger partial charge in [-0.2, -0.15) is 4.98 Å². The zero-order chi connectivity index (χ0) is 17.6. The highest BCUT2D eigenvalue weighted by Gasteiger charge is 2.12. The molecular weight excluding hydrogens is 314 g/mol. The fourth-order valence-corrected chi connectivity index (χ4v) is 2.28. The Kier molecular flexibility index (Phi) is 5.04. The summed E-state index contributed by atoms with van der Waals surface area (Å²) < 4.78 is 5.24. The second kappa shape index (κ2) is 7.57. The lowest BCUT2D eigenvalue weighted by Gasteiger charge is -2.11. The number of aromatic nitrogens is 2. The van der Waals surface area contributed by atoms with Gasteiger partial charge in [0.2, 0.25) is 17.6 Å². The molecule has 0 spiro atoms. The number of likely N-dealkylation sites (N-methyl/N-ethyl adjacent to an activating group) is 1. The summed E-state index contributed by atoms with van der Waals surface area (Å²) in [5, 5.41) is 3.96. The lowest BCUT2D eigenvalue weighted by molar-refractivity contribution is -0.125. The van der Waals surface area contributed by atoms with E-state index in [2.05, 4.69) is 10.1 Å². The molecule has 3 aromatic rings. The first-order valence-corrected chi connectivity index (χ1v) is 7.99. The van der Waals surface area contributed by atoms with Crippen LogP contribution in [-0.2, 0) is 11.3 Å². The van der Waals surface area contributed by atoms with Crippen LogP contribution in [0.2, 0.25) is 0 Å². The lowest BCUT2D eigenvalue weighted by atomic mass is 10.1. The van der Waals surface area contributed by atoms with Gasteiger partial charge >= 0.3 is 0 Å².